The molecule has 5 nitrogen and oxygen atoms in total. The van der Waals surface area contributed by atoms with E-state index >= 15 is 0 Å². The number of nitrogens with one attached hydrogen (secondary N) is 1. The average Bonchev–Trinajstić information content (AvgIpc) is 3.19. The molecule has 4 rings (SSSR count). The van der Waals surface area contributed by atoms with E-state index in [2.05, 4.69) is 5.32 Å². The van der Waals surface area contributed by atoms with Gasteiger partial charge >= 0.3 is 0 Å². The highest BCUT2D eigenvalue weighted by Crippen LogP contribution is 2.31. The Balaban J connectivity index is 1.78. The van der Waals surface area contributed by atoms with Gasteiger partial charge in [0, 0.05) is 16.3 Å². The number of hydrogen-bond acceptors (Lipinski definition) is 5. The molecule has 1 unspecified atom stereocenters. The fraction of sp³-hybridized carbons (Fsp3) is 0.300. The zero-order valence-electron chi connectivity index (χ0n) is 15.2. The predicted octanol–water partition coefficient (Wildman–Crippen LogP) is 3.50. The zero-order valence-corrected chi connectivity index (χ0v) is 16.8. The number of sulfone groups is 1. The number of rotatable bonds is 3. The van der Waals surface area contributed by atoms with Crippen LogP contribution < -0.4 is 5.32 Å². The Labute approximate surface area is 162 Å². The highest BCUT2D eigenvalue weighted by Gasteiger charge is 2.29. The number of aromatic nitrogens is 1. The minimum atomic E-state index is -3.05. The minimum Gasteiger partial charge on any atom is -0.348 e. The largest absolute Gasteiger partial charge is 0.348 e. The van der Waals surface area contributed by atoms with Gasteiger partial charge in [0.15, 0.2) is 9.84 Å². The third-order valence-corrected chi connectivity index (χ3v) is 7.64. The molecule has 1 fully saturated rings. The van der Waals surface area contributed by atoms with Gasteiger partial charge in [0.25, 0.3) is 5.91 Å². The Morgan fingerprint density at radius 2 is 2.04 bits per heavy atom. The lowest BCUT2D eigenvalue weighted by atomic mass is 10.0. The lowest BCUT2D eigenvalue weighted by Gasteiger charge is -2.14. The molecule has 1 saturated heterocycles. The molecule has 7 heteroatoms. The fourth-order valence-electron chi connectivity index (χ4n) is 3.45. The maximum Gasteiger partial charge on any atom is 0.252 e. The standard InChI is InChI=1S/C20H20N2O3S2/c1-12-4-3-5-15-16(20(23)21-14-8-9-27(24,25)11-14)10-17(22-19(12)15)18-7-6-13(2)26-18/h3-7,10,14H,8-9,11H2,1-2H3,(H,21,23). The van der Waals surface area contributed by atoms with Gasteiger partial charge in [-0.2, -0.15) is 0 Å². The van der Waals surface area contributed by atoms with E-state index in [-0.39, 0.29) is 23.5 Å². The summed E-state index contributed by atoms with van der Waals surface area (Å²) in [6, 6.07) is 11.3. The zero-order chi connectivity index (χ0) is 19.2. The normalized spacial score (nSPS) is 18.7. The van der Waals surface area contributed by atoms with Crippen LogP contribution in [-0.4, -0.2) is 36.9 Å². The summed E-state index contributed by atoms with van der Waals surface area (Å²) in [5.74, 6) is -0.101. The van der Waals surface area contributed by atoms with Gasteiger partial charge in [-0.05, 0) is 44.0 Å². The average molecular weight is 401 g/mol. The highest BCUT2D eigenvalue weighted by atomic mass is 32.2. The van der Waals surface area contributed by atoms with Gasteiger partial charge in [0.2, 0.25) is 0 Å². The van der Waals surface area contributed by atoms with E-state index in [1.165, 1.54) is 4.88 Å². The van der Waals surface area contributed by atoms with Crippen molar-refractivity contribution in [3.8, 4) is 10.6 Å². The van der Waals surface area contributed by atoms with Crippen molar-refractivity contribution in [2.75, 3.05) is 11.5 Å². The second kappa shape index (κ2) is 6.73. The van der Waals surface area contributed by atoms with Crippen LogP contribution >= 0.6 is 11.3 Å². The molecule has 1 N–H and O–H groups in total. The van der Waals surface area contributed by atoms with Gasteiger partial charge in [0.1, 0.15) is 0 Å². The second-order valence-electron chi connectivity index (χ2n) is 7.01. The molecule has 1 aliphatic heterocycles. The van der Waals surface area contributed by atoms with E-state index in [4.69, 9.17) is 4.98 Å². The monoisotopic (exact) mass is 400 g/mol. The summed E-state index contributed by atoms with van der Waals surface area (Å²) in [7, 11) is -3.05. The van der Waals surface area contributed by atoms with Crippen molar-refractivity contribution in [2.45, 2.75) is 26.3 Å². The Hall–Kier alpha value is -2.25. The summed E-state index contributed by atoms with van der Waals surface area (Å²) < 4.78 is 23.4. The second-order valence-corrected chi connectivity index (χ2v) is 10.5. The Bertz CT molecular complexity index is 1150. The lowest BCUT2D eigenvalue weighted by molar-refractivity contribution is 0.0943. The number of aryl methyl sites for hydroxylation is 2. The van der Waals surface area contributed by atoms with E-state index < -0.39 is 9.84 Å². The van der Waals surface area contributed by atoms with Crippen molar-refractivity contribution in [3.63, 3.8) is 0 Å². The van der Waals surface area contributed by atoms with Crippen molar-refractivity contribution in [1.29, 1.82) is 0 Å². The highest BCUT2D eigenvalue weighted by molar-refractivity contribution is 7.91. The first-order valence-corrected chi connectivity index (χ1v) is 11.4. The fourth-order valence-corrected chi connectivity index (χ4v) is 5.95. The smallest absolute Gasteiger partial charge is 0.252 e. The molecule has 1 aromatic carbocycles. The first kappa shape index (κ1) is 18.1. The molecule has 27 heavy (non-hydrogen) atoms. The first-order valence-electron chi connectivity index (χ1n) is 8.81. The summed E-state index contributed by atoms with van der Waals surface area (Å²) in [6.07, 6.45) is 0.465. The molecule has 0 spiro atoms. The Morgan fingerprint density at radius 3 is 2.70 bits per heavy atom. The van der Waals surface area contributed by atoms with Gasteiger partial charge in [-0.3, -0.25) is 4.79 Å². The summed E-state index contributed by atoms with van der Waals surface area (Å²) in [4.78, 5) is 20.0. The third-order valence-electron chi connectivity index (χ3n) is 4.85. The number of fused-ring (bicyclic) bond motifs is 1. The summed E-state index contributed by atoms with van der Waals surface area (Å²) in [6.45, 7) is 4.01. The number of carbonyl (C=O) groups is 1. The maximum atomic E-state index is 13.0. The van der Waals surface area contributed by atoms with E-state index in [9.17, 15) is 13.2 Å². The molecule has 140 valence electrons. The van der Waals surface area contributed by atoms with Gasteiger partial charge in [-0.25, -0.2) is 13.4 Å². The van der Waals surface area contributed by atoms with Crippen LogP contribution in [0.4, 0.5) is 0 Å². The van der Waals surface area contributed by atoms with Crippen LogP contribution in [0.25, 0.3) is 21.5 Å². The summed E-state index contributed by atoms with van der Waals surface area (Å²) in [5, 5.41) is 3.69. The van der Waals surface area contributed by atoms with Crippen molar-refractivity contribution in [3.05, 3.63) is 52.4 Å². The van der Waals surface area contributed by atoms with Crippen molar-refractivity contribution >= 4 is 38.0 Å². The quantitative estimate of drug-likeness (QED) is 0.730. The molecule has 0 radical (unpaired) electrons. The topological polar surface area (TPSA) is 76.1 Å². The van der Waals surface area contributed by atoms with Crippen LogP contribution in [0.1, 0.15) is 27.2 Å². The number of hydrogen-bond donors (Lipinski definition) is 1. The number of para-hydroxylation sites is 1. The molecule has 1 amide bonds. The SMILES string of the molecule is Cc1ccc(-c2cc(C(=O)NC3CCS(=O)(=O)C3)c3cccc(C)c3n2)s1. The molecule has 0 bridgehead atoms. The first-order chi connectivity index (χ1) is 12.8. The van der Waals surface area contributed by atoms with Gasteiger partial charge in [-0.1, -0.05) is 18.2 Å². The molecule has 2 aromatic heterocycles. The van der Waals surface area contributed by atoms with Gasteiger partial charge in [0.05, 0.1) is 33.2 Å². The minimum absolute atomic E-state index is 0.0117. The molecule has 0 aliphatic carbocycles. The Morgan fingerprint density at radius 1 is 1.22 bits per heavy atom. The van der Waals surface area contributed by atoms with Crippen LogP contribution in [0.2, 0.25) is 0 Å². The number of amides is 1. The Kier molecular flexibility index (Phi) is 4.52. The third kappa shape index (κ3) is 3.61. The molecule has 0 saturated carbocycles. The van der Waals surface area contributed by atoms with Gasteiger partial charge < -0.3 is 5.32 Å². The van der Waals surface area contributed by atoms with Crippen LogP contribution in [0, 0.1) is 13.8 Å². The van der Waals surface area contributed by atoms with Crippen LogP contribution in [0.3, 0.4) is 0 Å². The number of nitrogens with zero attached hydrogens (tertiary/aromatic N) is 1. The number of thiophene rings is 1. The van der Waals surface area contributed by atoms with Gasteiger partial charge in [-0.15, -0.1) is 11.3 Å². The molecule has 3 heterocycles. The number of pyridine rings is 1. The lowest BCUT2D eigenvalue weighted by Crippen LogP contribution is -2.35. The predicted molar refractivity (Wildman–Crippen MR) is 109 cm³/mol. The van der Waals surface area contributed by atoms with E-state index in [1.807, 2.05) is 50.2 Å². The van der Waals surface area contributed by atoms with E-state index in [0.717, 1.165) is 27.0 Å². The molecular weight excluding hydrogens is 380 g/mol. The van der Waals surface area contributed by atoms with Crippen LogP contribution in [0.5, 0.6) is 0 Å². The summed E-state index contributed by atoms with van der Waals surface area (Å²) in [5.41, 5.74) is 3.10. The number of carbonyl (C=O) groups excluding carboxylic acids is 1. The number of benzene rings is 1. The van der Waals surface area contributed by atoms with E-state index in [1.54, 1.807) is 11.3 Å². The van der Waals surface area contributed by atoms with Crippen molar-refractivity contribution < 1.29 is 13.2 Å². The van der Waals surface area contributed by atoms with Crippen molar-refractivity contribution in [2.24, 2.45) is 0 Å². The molecule has 3 aromatic rings. The summed E-state index contributed by atoms with van der Waals surface area (Å²) >= 11 is 1.63. The van der Waals surface area contributed by atoms with Crippen LogP contribution in [-0.2, 0) is 9.84 Å². The van der Waals surface area contributed by atoms with Crippen molar-refractivity contribution in [1.82, 2.24) is 10.3 Å². The van der Waals surface area contributed by atoms with E-state index in [0.29, 0.717) is 12.0 Å². The molecule has 1 aliphatic rings. The maximum absolute atomic E-state index is 13.0. The van der Waals surface area contributed by atoms with Crippen LogP contribution in [0.15, 0.2) is 36.4 Å². The molecular formula is C20H20N2O3S2. The molecule has 1 atom stereocenters.